The van der Waals surface area contributed by atoms with E-state index in [1.54, 1.807) is 11.8 Å². The number of amides is 2. The minimum absolute atomic E-state index is 0.0885. The number of aryl methyl sites for hydroxylation is 1. The molecule has 1 aromatic carbocycles. The van der Waals surface area contributed by atoms with E-state index < -0.39 is 0 Å². The molecule has 0 unspecified atom stereocenters. The standard InChI is InChI=1S/C30H39N7O2S/c1-19(2)28-34-33-26-16-15-24(18-36(26)28)39-23-13-9-21(10-14-23)31-29(38)32-27-17-25(30(4,5)40-6)35-37(27)22-11-7-20(3)8-12-22/h7-8,11-12,15-19,21,23H,9-10,13-14H2,1-6H3,(H2,31,32,38). The number of benzene rings is 1. The molecule has 10 heteroatoms. The quantitative estimate of drug-likeness (QED) is 0.256. The van der Waals surface area contributed by atoms with Crippen LogP contribution in [0.1, 0.15) is 76.4 Å². The van der Waals surface area contributed by atoms with E-state index in [0.717, 1.165) is 54.3 Å². The largest absolute Gasteiger partial charge is 0.489 e. The SMILES string of the molecule is CSC(C)(C)c1cc(NC(=O)NC2CCC(Oc3ccc4nnc(C(C)C)n4c3)CC2)n(-c2ccc(C)cc2)n1. The summed E-state index contributed by atoms with van der Waals surface area (Å²) >= 11 is 1.73. The molecular formula is C30H39N7O2S. The number of anilines is 1. The number of rotatable bonds is 8. The number of nitrogens with zero attached hydrogens (tertiary/aromatic N) is 5. The zero-order valence-electron chi connectivity index (χ0n) is 24.1. The molecule has 5 rings (SSSR count). The molecule has 40 heavy (non-hydrogen) atoms. The van der Waals surface area contributed by atoms with Crippen LogP contribution in [0.5, 0.6) is 5.75 Å². The Morgan fingerprint density at radius 2 is 1.80 bits per heavy atom. The van der Waals surface area contributed by atoms with Crippen molar-refractivity contribution in [3.63, 3.8) is 0 Å². The molecule has 212 valence electrons. The highest BCUT2D eigenvalue weighted by molar-refractivity contribution is 7.99. The first-order valence-electron chi connectivity index (χ1n) is 13.9. The summed E-state index contributed by atoms with van der Waals surface area (Å²) in [6.45, 7) is 10.5. The Kier molecular flexibility index (Phi) is 8.07. The molecule has 2 N–H and O–H groups in total. The minimum Gasteiger partial charge on any atom is -0.489 e. The van der Waals surface area contributed by atoms with E-state index in [0.29, 0.717) is 5.82 Å². The lowest BCUT2D eigenvalue weighted by Crippen LogP contribution is -2.42. The van der Waals surface area contributed by atoms with Gasteiger partial charge in [-0.25, -0.2) is 9.48 Å². The van der Waals surface area contributed by atoms with Gasteiger partial charge in [0.05, 0.1) is 28.4 Å². The van der Waals surface area contributed by atoms with Crippen molar-refractivity contribution in [2.75, 3.05) is 11.6 Å². The van der Waals surface area contributed by atoms with Crippen molar-refractivity contribution in [2.45, 2.75) is 83.1 Å². The maximum absolute atomic E-state index is 13.1. The second kappa shape index (κ2) is 11.5. The third-order valence-corrected chi connectivity index (χ3v) is 8.82. The Hall–Kier alpha value is -3.53. The first-order valence-corrected chi connectivity index (χ1v) is 15.2. The van der Waals surface area contributed by atoms with Gasteiger partial charge in [-0.05, 0) is 77.0 Å². The molecule has 1 fully saturated rings. The molecule has 0 radical (unpaired) electrons. The molecule has 4 aromatic rings. The van der Waals surface area contributed by atoms with E-state index in [-0.39, 0.29) is 28.8 Å². The van der Waals surface area contributed by atoms with E-state index in [1.807, 2.05) is 57.7 Å². The molecule has 0 aliphatic heterocycles. The van der Waals surface area contributed by atoms with E-state index >= 15 is 0 Å². The molecular weight excluding hydrogens is 522 g/mol. The van der Waals surface area contributed by atoms with Gasteiger partial charge < -0.3 is 10.1 Å². The number of carbonyl (C=O) groups is 1. The van der Waals surface area contributed by atoms with Crippen molar-refractivity contribution in [3.8, 4) is 11.4 Å². The maximum atomic E-state index is 13.1. The Labute approximate surface area is 240 Å². The van der Waals surface area contributed by atoms with Gasteiger partial charge in [-0.1, -0.05) is 31.5 Å². The molecule has 3 heterocycles. The fraction of sp³-hybridized carbons (Fsp3) is 0.467. The van der Waals surface area contributed by atoms with Crippen LogP contribution in [0.2, 0.25) is 0 Å². The molecule has 3 aromatic heterocycles. The van der Waals surface area contributed by atoms with Crippen LogP contribution >= 0.6 is 11.8 Å². The fourth-order valence-electron chi connectivity index (χ4n) is 4.96. The first kappa shape index (κ1) is 28.0. The highest BCUT2D eigenvalue weighted by Crippen LogP contribution is 2.35. The second-order valence-corrected chi connectivity index (χ2v) is 12.8. The normalized spacial score (nSPS) is 17.8. The average Bonchev–Trinajstić information content (AvgIpc) is 3.55. The van der Waals surface area contributed by atoms with Gasteiger partial charge in [0.1, 0.15) is 17.4 Å². The Morgan fingerprint density at radius 3 is 2.48 bits per heavy atom. The lowest BCUT2D eigenvalue weighted by molar-refractivity contribution is 0.140. The van der Waals surface area contributed by atoms with Crippen LogP contribution in [0.4, 0.5) is 10.6 Å². The van der Waals surface area contributed by atoms with Crippen molar-refractivity contribution >= 4 is 29.3 Å². The van der Waals surface area contributed by atoms with Gasteiger partial charge in [0.15, 0.2) is 5.65 Å². The molecule has 2 amide bonds. The number of fused-ring (bicyclic) bond motifs is 1. The summed E-state index contributed by atoms with van der Waals surface area (Å²) in [7, 11) is 0. The van der Waals surface area contributed by atoms with Gasteiger partial charge in [0, 0.05) is 18.0 Å². The van der Waals surface area contributed by atoms with Crippen LogP contribution < -0.4 is 15.4 Å². The van der Waals surface area contributed by atoms with E-state index in [9.17, 15) is 4.79 Å². The Balaban J connectivity index is 1.20. The van der Waals surface area contributed by atoms with Gasteiger partial charge in [-0.15, -0.1) is 10.2 Å². The van der Waals surface area contributed by atoms with Crippen molar-refractivity contribution in [1.29, 1.82) is 0 Å². The first-order chi connectivity index (χ1) is 19.1. The number of urea groups is 1. The number of nitrogens with one attached hydrogen (secondary N) is 2. The Morgan fingerprint density at radius 1 is 1.07 bits per heavy atom. The maximum Gasteiger partial charge on any atom is 0.320 e. The minimum atomic E-state index is -0.217. The van der Waals surface area contributed by atoms with Gasteiger partial charge in [0.2, 0.25) is 0 Å². The average molecular weight is 562 g/mol. The van der Waals surface area contributed by atoms with Crippen molar-refractivity contribution in [1.82, 2.24) is 29.7 Å². The molecule has 0 saturated heterocycles. The molecule has 1 saturated carbocycles. The summed E-state index contributed by atoms with van der Waals surface area (Å²) in [6.07, 6.45) is 7.60. The number of aromatic nitrogens is 5. The molecule has 9 nitrogen and oxygen atoms in total. The molecule has 1 aliphatic carbocycles. The smallest absolute Gasteiger partial charge is 0.320 e. The summed E-state index contributed by atoms with van der Waals surface area (Å²) in [5, 5.41) is 19.6. The van der Waals surface area contributed by atoms with Crippen LogP contribution in [0.15, 0.2) is 48.7 Å². The topological polar surface area (TPSA) is 98.4 Å². The number of carbonyl (C=O) groups excluding carboxylic acids is 1. The zero-order chi connectivity index (χ0) is 28.4. The third-order valence-electron chi connectivity index (χ3n) is 7.59. The van der Waals surface area contributed by atoms with E-state index in [1.165, 1.54) is 5.56 Å². The van der Waals surface area contributed by atoms with E-state index in [2.05, 4.69) is 61.7 Å². The van der Waals surface area contributed by atoms with Crippen LogP contribution in [-0.4, -0.2) is 48.8 Å². The molecule has 1 aliphatic rings. The molecule has 0 bridgehead atoms. The fourth-order valence-corrected chi connectivity index (χ4v) is 5.27. The van der Waals surface area contributed by atoms with Crippen molar-refractivity contribution < 1.29 is 9.53 Å². The van der Waals surface area contributed by atoms with E-state index in [4.69, 9.17) is 9.84 Å². The summed E-state index contributed by atoms with van der Waals surface area (Å²) in [4.78, 5) is 13.1. The zero-order valence-corrected chi connectivity index (χ0v) is 25.0. The summed E-state index contributed by atoms with van der Waals surface area (Å²) in [5.74, 6) is 2.67. The van der Waals surface area contributed by atoms with Gasteiger partial charge in [-0.3, -0.25) is 9.72 Å². The number of pyridine rings is 1. The lowest BCUT2D eigenvalue weighted by atomic mass is 9.93. The van der Waals surface area contributed by atoms with Gasteiger partial charge in [-0.2, -0.15) is 16.9 Å². The summed E-state index contributed by atoms with van der Waals surface area (Å²) < 4.78 is 9.95. The number of hydrogen-bond acceptors (Lipinski definition) is 6. The monoisotopic (exact) mass is 561 g/mol. The van der Waals surface area contributed by atoms with Crippen LogP contribution in [0, 0.1) is 6.92 Å². The second-order valence-electron chi connectivity index (χ2n) is 11.4. The molecule has 0 atom stereocenters. The van der Waals surface area contributed by atoms with Crippen LogP contribution in [-0.2, 0) is 4.75 Å². The third kappa shape index (κ3) is 6.11. The number of hydrogen-bond donors (Lipinski definition) is 2. The number of thioether (sulfide) groups is 1. The summed E-state index contributed by atoms with van der Waals surface area (Å²) in [5.41, 5.74) is 3.82. The Bertz CT molecular complexity index is 1470. The predicted octanol–water partition coefficient (Wildman–Crippen LogP) is 6.46. The number of ether oxygens (including phenoxy) is 1. The summed E-state index contributed by atoms with van der Waals surface area (Å²) in [6, 6.07) is 13.9. The molecule has 0 spiro atoms. The van der Waals surface area contributed by atoms with Crippen molar-refractivity contribution in [2.24, 2.45) is 0 Å². The highest BCUT2D eigenvalue weighted by atomic mass is 32.2. The van der Waals surface area contributed by atoms with Crippen LogP contribution in [0.3, 0.4) is 0 Å². The van der Waals surface area contributed by atoms with Gasteiger partial charge >= 0.3 is 6.03 Å². The lowest BCUT2D eigenvalue weighted by Gasteiger charge is -2.29. The van der Waals surface area contributed by atoms with Gasteiger partial charge in [0.25, 0.3) is 0 Å². The highest BCUT2D eigenvalue weighted by Gasteiger charge is 2.27. The predicted molar refractivity (Wildman–Crippen MR) is 161 cm³/mol. The van der Waals surface area contributed by atoms with Crippen LogP contribution in [0.25, 0.3) is 11.3 Å². The van der Waals surface area contributed by atoms with Crippen molar-refractivity contribution in [3.05, 3.63) is 65.7 Å².